The van der Waals surface area contributed by atoms with Gasteiger partial charge in [0.15, 0.2) is 0 Å². The zero-order chi connectivity index (χ0) is 12.9. The first kappa shape index (κ1) is 13.1. The van der Waals surface area contributed by atoms with Crippen molar-refractivity contribution in [2.75, 3.05) is 19.8 Å². The first-order valence-corrected chi connectivity index (χ1v) is 7.82. The van der Waals surface area contributed by atoms with Gasteiger partial charge in [-0.1, -0.05) is 30.7 Å². The quantitative estimate of drug-likeness (QED) is 0.899. The topological polar surface area (TPSA) is 21.3 Å². The summed E-state index contributed by atoms with van der Waals surface area (Å²) in [7, 11) is 0. The third-order valence-corrected chi connectivity index (χ3v) is 4.57. The lowest BCUT2D eigenvalue weighted by atomic mass is 9.90. The van der Waals surface area contributed by atoms with Crippen molar-refractivity contribution in [3.05, 3.63) is 35.4 Å². The zero-order valence-electron chi connectivity index (χ0n) is 11.7. The average molecular weight is 259 g/mol. The Kier molecular flexibility index (Phi) is 4.52. The van der Waals surface area contributed by atoms with Crippen molar-refractivity contribution in [3.63, 3.8) is 0 Å². The molecule has 2 aliphatic heterocycles. The highest BCUT2D eigenvalue weighted by molar-refractivity contribution is 5.26. The van der Waals surface area contributed by atoms with Crippen LogP contribution in [0, 0.1) is 0 Å². The molecule has 1 N–H and O–H groups in total. The Bertz CT molecular complexity index is 375. The summed E-state index contributed by atoms with van der Waals surface area (Å²) in [6.45, 7) is 3.06. The molecule has 3 rings (SSSR count). The second-order valence-corrected chi connectivity index (χ2v) is 5.98. The summed E-state index contributed by atoms with van der Waals surface area (Å²) >= 11 is 0. The number of hydrogen-bond donors (Lipinski definition) is 1. The molecule has 0 bridgehead atoms. The van der Waals surface area contributed by atoms with Crippen LogP contribution >= 0.6 is 0 Å². The van der Waals surface area contributed by atoms with Gasteiger partial charge in [0.2, 0.25) is 0 Å². The molecule has 0 saturated carbocycles. The predicted molar refractivity (Wildman–Crippen MR) is 78.6 cm³/mol. The molecule has 2 heterocycles. The van der Waals surface area contributed by atoms with Gasteiger partial charge in [-0.3, -0.25) is 0 Å². The smallest absolute Gasteiger partial charge is 0.0471 e. The van der Waals surface area contributed by atoms with Gasteiger partial charge in [0, 0.05) is 19.3 Å². The van der Waals surface area contributed by atoms with Crippen LogP contribution in [-0.2, 0) is 11.2 Å². The number of ether oxygens (including phenoxy) is 1. The molecule has 0 amide bonds. The fourth-order valence-electron chi connectivity index (χ4n) is 3.34. The molecule has 19 heavy (non-hydrogen) atoms. The molecule has 2 nitrogen and oxygen atoms in total. The molecule has 2 saturated heterocycles. The van der Waals surface area contributed by atoms with Crippen LogP contribution in [0.5, 0.6) is 0 Å². The standard InChI is InChI=1S/C17H25NO/c1-2-10-18-17(3-1)13-14-4-6-15(7-5-14)16-8-11-19-12-9-16/h4-7,16-18H,1-3,8-13H2. The monoisotopic (exact) mass is 259 g/mol. The fourth-order valence-corrected chi connectivity index (χ4v) is 3.34. The first-order valence-electron chi connectivity index (χ1n) is 7.82. The lowest BCUT2D eigenvalue weighted by Crippen LogP contribution is -2.35. The zero-order valence-corrected chi connectivity index (χ0v) is 11.7. The summed E-state index contributed by atoms with van der Waals surface area (Å²) in [4.78, 5) is 0. The average Bonchev–Trinajstić information content (AvgIpc) is 2.50. The lowest BCUT2D eigenvalue weighted by molar-refractivity contribution is 0.0853. The Labute approximate surface area is 116 Å². The Morgan fingerprint density at radius 1 is 1.00 bits per heavy atom. The van der Waals surface area contributed by atoms with Gasteiger partial charge in [-0.25, -0.2) is 0 Å². The van der Waals surface area contributed by atoms with Gasteiger partial charge >= 0.3 is 0 Å². The van der Waals surface area contributed by atoms with E-state index in [9.17, 15) is 0 Å². The van der Waals surface area contributed by atoms with E-state index in [2.05, 4.69) is 29.6 Å². The van der Waals surface area contributed by atoms with Crippen LogP contribution in [0.3, 0.4) is 0 Å². The molecule has 1 aromatic carbocycles. The summed E-state index contributed by atoms with van der Waals surface area (Å²) in [5.41, 5.74) is 2.99. The van der Waals surface area contributed by atoms with Crippen LogP contribution in [0.2, 0.25) is 0 Å². The Hall–Kier alpha value is -0.860. The minimum absolute atomic E-state index is 0.697. The van der Waals surface area contributed by atoms with Crippen LogP contribution in [-0.4, -0.2) is 25.8 Å². The molecule has 0 spiro atoms. The molecule has 0 aromatic heterocycles. The van der Waals surface area contributed by atoms with E-state index in [0.717, 1.165) is 19.1 Å². The first-order chi connectivity index (χ1) is 9.42. The van der Waals surface area contributed by atoms with Gasteiger partial charge in [-0.15, -0.1) is 0 Å². The summed E-state index contributed by atoms with van der Waals surface area (Å²) in [6.07, 6.45) is 7.62. The second kappa shape index (κ2) is 6.53. The summed E-state index contributed by atoms with van der Waals surface area (Å²) < 4.78 is 5.44. The molecular weight excluding hydrogens is 234 g/mol. The number of benzene rings is 1. The van der Waals surface area contributed by atoms with Crippen LogP contribution < -0.4 is 5.32 Å². The van der Waals surface area contributed by atoms with Crippen LogP contribution in [0.4, 0.5) is 0 Å². The number of rotatable bonds is 3. The highest BCUT2D eigenvalue weighted by atomic mass is 16.5. The summed E-state index contributed by atoms with van der Waals surface area (Å²) in [6, 6.07) is 10.0. The summed E-state index contributed by atoms with van der Waals surface area (Å²) in [5, 5.41) is 3.63. The van der Waals surface area contributed by atoms with E-state index in [-0.39, 0.29) is 0 Å². The van der Waals surface area contributed by atoms with E-state index in [1.165, 1.54) is 56.2 Å². The molecule has 1 unspecified atom stereocenters. The number of nitrogens with one attached hydrogen (secondary N) is 1. The van der Waals surface area contributed by atoms with E-state index in [1.54, 1.807) is 0 Å². The SMILES string of the molecule is c1cc(C2CCOCC2)ccc1CC1CCCCN1. The Morgan fingerprint density at radius 2 is 1.79 bits per heavy atom. The van der Waals surface area contributed by atoms with Crippen molar-refractivity contribution >= 4 is 0 Å². The molecule has 0 aliphatic carbocycles. The molecule has 1 aromatic rings. The van der Waals surface area contributed by atoms with Crippen LogP contribution in [0.25, 0.3) is 0 Å². The van der Waals surface area contributed by atoms with Gasteiger partial charge in [0.1, 0.15) is 0 Å². The van der Waals surface area contributed by atoms with Crippen molar-refractivity contribution in [1.29, 1.82) is 0 Å². The van der Waals surface area contributed by atoms with E-state index < -0.39 is 0 Å². The normalized spacial score (nSPS) is 25.4. The molecule has 0 radical (unpaired) electrons. The minimum atomic E-state index is 0.697. The number of hydrogen-bond acceptors (Lipinski definition) is 2. The van der Waals surface area contributed by atoms with Crippen LogP contribution in [0.15, 0.2) is 24.3 Å². The van der Waals surface area contributed by atoms with Crippen molar-refractivity contribution in [2.45, 2.75) is 50.5 Å². The Morgan fingerprint density at radius 3 is 2.47 bits per heavy atom. The van der Waals surface area contributed by atoms with Gasteiger partial charge in [-0.2, -0.15) is 0 Å². The highest BCUT2D eigenvalue weighted by Crippen LogP contribution is 2.27. The van der Waals surface area contributed by atoms with Crippen molar-refractivity contribution in [3.8, 4) is 0 Å². The lowest BCUT2D eigenvalue weighted by Gasteiger charge is -2.24. The minimum Gasteiger partial charge on any atom is -0.381 e. The van der Waals surface area contributed by atoms with E-state index in [0.29, 0.717) is 6.04 Å². The van der Waals surface area contributed by atoms with E-state index in [4.69, 9.17) is 4.74 Å². The molecule has 1 atom stereocenters. The van der Waals surface area contributed by atoms with Crippen molar-refractivity contribution < 1.29 is 4.74 Å². The maximum absolute atomic E-state index is 5.44. The van der Waals surface area contributed by atoms with Gasteiger partial charge in [-0.05, 0) is 55.7 Å². The second-order valence-electron chi connectivity index (χ2n) is 5.98. The highest BCUT2D eigenvalue weighted by Gasteiger charge is 2.16. The van der Waals surface area contributed by atoms with Crippen molar-refractivity contribution in [2.24, 2.45) is 0 Å². The summed E-state index contributed by atoms with van der Waals surface area (Å²) in [5.74, 6) is 0.718. The third-order valence-electron chi connectivity index (χ3n) is 4.57. The van der Waals surface area contributed by atoms with Crippen molar-refractivity contribution in [1.82, 2.24) is 5.32 Å². The molecule has 2 aliphatic rings. The predicted octanol–water partition coefficient (Wildman–Crippen LogP) is 3.27. The van der Waals surface area contributed by atoms with E-state index in [1.807, 2.05) is 0 Å². The number of piperidine rings is 1. The van der Waals surface area contributed by atoms with Crippen LogP contribution in [0.1, 0.15) is 49.1 Å². The maximum atomic E-state index is 5.44. The molecular formula is C17H25NO. The third kappa shape index (κ3) is 3.58. The maximum Gasteiger partial charge on any atom is 0.0471 e. The molecule has 2 fully saturated rings. The fraction of sp³-hybridized carbons (Fsp3) is 0.647. The Balaban J connectivity index is 1.58. The van der Waals surface area contributed by atoms with E-state index >= 15 is 0 Å². The van der Waals surface area contributed by atoms with Gasteiger partial charge in [0.05, 0.1) is 0 Å². The molecule has 104 valence electrons. The molecule has 2 heteroatoms. The largest absolute Gasteiger partial charge is 0.381 e. The van der Waals surface area contributed by atoms with Gasteiger partial charge in [0.25, 0.3) is 0 Å². The van der Waals surface area contributed by atoms with Gasteiger partial charge < -0.3 is 10.1 Å².